The highest BCUT2D eigenvalue weighted by molar-refractivity contribution is 7.91. The first kappa shape index (κ1) is 22.1. The van der Waals surface area contributed by atoms with Crippen molar-refractivity contribution in [1.82, 2.24) is 3.89 Å². The van der Waals surface area contributed by atoms with Crippen molar-refractivity contribution in [2.75, 3.05) is 18.8 Å². The second-order valence-corrected chi connectivity index (χ2v) is 9.17. The molecule has 0 radical (unpaired) electrons. The molecule has 0 bridgehead atoms. The van der Waals surface area contributed by atoms with Gasteiger partial charge in [0, 0.05) is 24.3 Å². The minimum atomic E-state index is -4.76. The van der Waals surface area contributed by atoms with E-state index < -0.39 is 20.3 Å². The van der Waals surface area contributed by atoms with Crippen LogP contribution in [0.5, 0.6) is 5.75 Å². The molecule has 2 aromatic carbocycles. The van der Waals surface area contributed by atoms with Gasteiger partial charge in [0.05, 0.1) is 5.75 Å². The number of quaternary nitrogens is 1. The summed E-state index contributed by atoms with van der Waals surface area (Å²) in [6.07, 6.45) is 0.482. The molecule has 0 spiro atoms. The van der Waals surface area contributed by atoms with Crippen LogP contribution in [0.3, 0.4) is 0 Å². The van der Waals surface area contributed by atoms with E-state index in [4.69, 9.17) is 5.73 Å². The minimum absolute atomic E-state index is 0.0666. The second-order valence-electron chi connectivity index (χ2n) is 6.78. The van der Waals surface area contributed by atoms with E-state index in [1.807, 2.05) is 6.08 Å². The van der Waals surface area contributed by atoms with Crippen molar-refractivity contribution in [3.8, 4) is 16.9 Å². The van der Waals surface area contributed by atoms with Gasteiger partial charge >= 0.3 is 16.4 Å². The number of benzene rings is 2. The summed E-state index contributed by atoms with van der Waals surface area (Å²) in [6.45, 7) is 2.02. The summed E-state index contributed by atoms with van der Waals surface area (Å²) in [6, 6.07) is 12.4. The lowest BCUT2D eigenvalue weighted by Gasteiger charge is -2.34. The van der Waals surface area contributed by atoms with Crippen LogP contribution in [0.2, 0.25) is 0 Å². The van der Waals surface area contributed by atoms with Gasteiger partial charge in [0.25, 0.3) is 0 Å². The number of sulfonamides is 1. The van der Waals surface area contributed by atoms with Crippen molar-refractivity contribution in [2.45, 2.75) is 13.3 Å². The monoisotopic (exact) mass is 439 g/mol. The lowest BCUT2D eigenvalue weighted by atomic mass is 10.0. The highest BCUT2D eigenvalue weighted by atomic mass is 32.2. The van der Waals surface area contributed by atoms with Crippen molar-refractivity contribution >= 4 is 15.7 Å². The first-order chi connectivity index (χ1) is 14.1. The van der Waals surface area contributed by atoms with Crippen LogP contribution in [-0.4, -0.2) is 33.6 Å². The Hall–Kier alpha value is -2.62. The predicted molar refractivity (Wildman–Crippen MR) is 111 cm³/mol. The lowest BCUT2D eigenvalue weighted by Crippen LogP contribution is -2.51. The lowest BCUT2D eigenvalue weighted by molar-refractivity contribution is -0.274. The van der Waals surface area contributed by atoms with E-state index in [0.29, 0.717) is 22.4 Å². The molecule has 1 atom stereocenters. The maximum absolute atomic E-state index is 13.1. The molecule has 0 saturated heterocycles. The van der Waals surface area contributed by atoms with E-state index in [1.165, 1.54) is 24.3 Å². The summed E-state index contributed by atoms with van der Waals surface area (Å²) in [7, 11) is -3.60. The van der Waals surface area contributed by atoms with Crippen molar-refractivity contribution < 1.29 is 26.3 Å². The third-order valence-corrected chi connectivity index (χ3v) is 7.07. The molecule has 9 heteroatoms. The van der Waals surface area contributed by atoms with E-state index in [1.54, 1.807) is 43.5 Å². The van der Waals surface area contributed by atoms with Gasteiger partial charge in [-0.15, -0.1) is 13.2 Å². The predicted octanol–water partition coefficient (Wildman–Crippen LogP) is 4.32. The molecule has 2 N–H and O–H groups in total. The zero-order chi connectivity index (χ0) is 22.0. The Morgan fingerprint density at radius 1 is 1.10 bits per heavy atom. The number of alkyl halides is 3. The number of hydrogen-bond donors (Lipinski definition) is 1. The molecule has 1 unspecified atom stereocenters. The summed E-state index contributed by atoms with van der Waals surface area (Å²) in [5.74, 6) is -0.390. The molecule has 5 nitrogen and oxygen atoms in total. The Morgan fingerprint density at radius 2 is 1.80 bits per heavy atom. The summed E-state index contributed by atoms with van der Waals surface area (Å²) in [5.41, 5.74) is 8.29. The molecule has 1 aliphatic rings. The average Bonchev–Trinajstić information content (AvgIpc) is 2.73. The maximum Gasteiger partial charge on any atom is 0.573 e. The molecule has 0 aromatic heterocycles. The molecule has 160 valence electrons. The van der Waals surface area contributed by atoms with Crippen LogP contribution in [0.15, 0.2) is 72.5 Å². The smallest absolute Gasteiger partial charge is 0.406 e. The van der Waals surface area contributed by atoms with Crippen LogP contribution in [0.25, 0.3) is 11.1 Å². The molecule has 0 amide bonds. The van der Waals surface area contributed by atoms with E-state index in [9.17, 15) is 21.6 Å². The highest BCUT2D eigenvalue weighted by Crippen LogP contribution is 2.36. The van der Waals surface area contributed by atoms with Gasteiger partial charge < -0.3 is 10.5 Å². The fourth-order valence-electron chi connectivity index (χ4n) is 3.38. The van der Waals surface area contributed by atoms with Crippen LogP contribution >= 0.6 is 0 Å². The largest absolute Gasteiger partial charge is 0.573 e. The van der Waals surface area contributed by atoms with Gasteiger partial charge in [0.1, 0.15) is 18.5 Å². The van der Waals surface area contributed by atoms with Crippen LogP contribution in [0.1, 0.15) is 6.92 Å². The van der Waals surface area contributed by atoms with E-state index >= 15 is 0 Å². The molecule has 0 aliphatic carbocycles. The summed E-state index contributed by atoms with van der Waals surface area (Å²) in [4.78, 5) is 0. The Morgan fingerprint density at radius 3 is 2.40 bits per heavy atom. The first-order valence-corrected chi connectivity index (χ1v) is 10.9. The van der Waals surface area contributed by atoms with Gasteiger partial charge in [0.2, 0.25) is 0 Å². The van der Waals surface area contributed by atoms with Gasteiger partial charge in [-0.2, -0.15) is 12.3 Å². The Labute approximate surface area is 173 Å². The van der Waals surface area contributed by atoms with Crippen molar-refractivity contribution in [3.63, 3.8) is 0 Å². The number of nitrogens with zero attached hydrogens (tertiary/aromatic N) is 1. The highest BCUT2D eigenvalue weighted by Gasteiger charge is 2.42. The van der Waals surface area contributed by atoms with Gasteiger partial charge in [-0.05, 0) is 36.3 Å². The number of rotatable bonds is 6. The van der Waals surface area contributed by atoms with Gasteiger partial charge in [-0.3, -0.25) is 0 Å². The van der Waals surface area contributed by atoms with Crippen LogP contribution < -0.4 is 14.4 Å². The number of nitrogens with two attached hydrogens (primary N) is 1. The molecule has 3 rings (SSSR count). The molecule has 0 fully saturated rings. The molecule has 2 aromatic rings. The van der Waals surface area contributed by atoms with Crippen LogP contribution in [0, 0.1) is 0 Å². The number of ether oxygens (including phenoxy) is 1. The quantitative estimate of drug-likeness (QED) is 0.681. The first-order valence-electron chi connectivity index (χ1n) is 9.26. The van der Waals surface area contributed by atoms with E-state index in [0.717, 1.165) is 0 Å². The Bertz CT molecular complexity index is 1080. The van der Waals surface area contributed by atoms with Gasteiger partial charge in [-0.25, -0.2) is 0 Å². The zero-order valence-electron chi connectivity index (χ0n) is 16.3. The molecule has 30 heavy (non-hydrogen) atoms. The summed E-state index contributed by atoms with van der Waals surface area (Å²) in [5, 5.41) is 0. The molecular weight excluding hydrogens is 417 g/mol. The number of hydrogen-bond acceptors (Lipinski definition) is 4. The summed E-state index contributed by atoms with van der Waals surface area (Å²) >= 11 is 0. The van der Waals surface area contributed by atoms with Gasteiger partial charge in [-0.1, -0.05) is 30.3 Å². The molecule has 0 saturated carbocycles. The van der Waals surface area contributed by atoms with Crippen molar-refractivity contribution in [1.29, 1.82) is 0 Å². The average molecular weight is 439 g/mol. The molecule has 1 aliphatic heterocycles. The fourth-order valence-corrected chi connectivity index (χ4v) is 4.88. The van der Waals surface area contributed by atoms with Gasteiger partial charge in [0.15, 0.2) is 5.69 Å². The second kappa shape index (κ2) is 8.25. The SMILES string of the molecule is CCS(=O)(=O)[N+]1(c2cccc(-c3ccc(OC(F)(F)F)cc3)c2)C=C(CN)C=CC1. The number of halogens is 3. The Kier molecular flexibility index (Phi) is 6.07. The van der Waals surface area contributed by atoms with Crippen molar-refractivity contribution in [3.05, 3.63) is 72.5 Å². The molecular formula is C21H22F3N2O3S+. The van der Waals surface area contributed by atoms with Crippen LogP contribution in [-0.2, 0) is 10.0 Å². The summed E-state index contributed by atoms with van der Waals surface area (Å²) < 4.78 is 66.8. The third kappa shape index (κ3) is 4.43. The minimum Gasteiger partial charge on any atom is -0.406 e. The van der Waals surface area contributed by atoms with Crippen LogP contribution in [0.4, 0.5) is 18.9 Å². The normalized spacial score (nSPS) is 19.4. The van der Waals surface area contributed by atoms with Crippen molar-refractivity contribution in [2.24, 2.45) is 5.73 Å². The fraction of sp³-hybridized carbons (Fsp3) is 0.238. The van der Waals surface area contributed by atoms with E-state index in [2.05, 4.69) is 4.74 Å². The topological polar surface area (TPSA) is 69.4 Å². The third-order valence-electron chi connectivity index (χ3n) is 4.88. The Balaban J connectivity index is 2.05. The standard InChI is InChI=1S/C21H22F3N2O3S/c1-2-30(27,28)26(12-4-5-16(14-25)15-26)19-7-3-6-18(13-19)17-8-10-20(11-9-17)29-21(22,23)24/h3-11,13,15H,2,12,14,25H2,1H3/q+1. The maximum atomic E-state index is 13.1. The van der Waals surface area contributed by atoms with E-state index in [-0.39, 0.29) is 24.6 Å². The zero-order valence-corrected chi connectivity index (χ0v) is 17.1. The molecule has 1 heterocycles.